The maximum absolute atomic E-state index is 13.2. The molecule has 3 aromatic carbocycles. The molecule has 0 aliphatic heterocycles. The molecular weight excluding hydrogens is 372 g/mol. The van der Waals surface area contributed by atoms with Gasteiger partial charge in [-0.3, -0.25) is 4.79 Å². The average Bonchev–Trinajstić information content (AvgIpc) is 3.28. The highest BCUT2D eigenvalue weighted by atomic mass is 16.1. The Morgan fingerprint density at radius 1 is 0.767 bits per heavy atom. The van der Waals surface area contributed by atoms with Crippen molar-refractivity contribution in [1.82, 2.24) is 14.2 Å². The molecule has 0 bridgehead atoms. The molecule has 0 N–H and O–H groups in total. The van der Waals surface area contributed by atoms with E-state index in [0.29, 0.717) is 16.7 Å². The summed E-state index contributed by atoms with van der Waals surface area (Å²) in [5.41, 5.74) is 3.17. The molecule has 0 saturated carbocycles. The van der Waals surface area contributed by atoms with Crippen molar-refractivity contribution in [1.29, 1.82) is 0 Å². The summed E-state index contributed by atoms with van der Waals surface area (Å²) >= 11 is 0. The van der Waals surface area contributed by atoms with Crippen molar-refractivity contribution in [2.45, 2.75) is 0 Å². The van der Waals surface area contributed by atoms with Crippen LogP contribution in [0.5, 0.6) is 0 Å². The third-order valence-electron chi connectivity index (χ3n) is 4.91. The van der Waals surface area contributed by atoms with Crippen molar-refractivity contribution in [2.75, 3.05) is 0 Å². The van der Waals surface area contributed by atoms with Crippen LogP contribution in [0.15, 0.2) is 113 Å². The summed E-state index contributed by atoms with van der Waals surface area (Å²) < 4.78 is 3.39. The molecule has 30 heavy (non-hydrogen) atoms. The smallest absolute Gasteiger partial charge is 0.282 e. The molecule has 0 amide bonds. The Morgan fingerprint density at radius 2 is 1.47 bits per heavy atom. The molecule has 0 atom stereocenters. The van der Waals surface area contributed by atoms with Gasteiger partial charge in [-0.1, -0.05) is 60.7 Å². The summed E-state index contributed by atoms with van der Waals surface area (Å²) in [6.45, 7) is 0. The van der Waals surface area contributed by atoms with Crippen molar-refractivity contribution in [3.63, 3.8) is 0 Å². The third kappa shape index (κ3) is 3.22. The average molecular weight is 390 g/mol. The van der Waals surface area contributed by atoms with Crippen LogP contribution in [-0.4, -0.2) is 20.4 Å². The Morgan fingerprint density at radius 3 is 2.27 bits per heavy atom. The first-order valence-corrected chi connectivity index (χ1v) is 9.65. The van der Waals surface area contributed by atoms with Gasteiger partial charge in [-0.05, 0) is 36.4 Å². The van der Waals surface area contributed by atoms with Crippen LogP contribution in [0, 0.1) is 0 Å². The minimum atomic E-state index is -0.200. The van der Waals surface area contributed by atoms with Crippen LogP contribution in [0.3, 0.4) is 0 Å². The number of aromatic nitrogens is 3. The second-order valence-electron chi connectivity index (χ2n) is 6.82. The van der Waals surface area contributed by atoms with Crippen molar-refractivity contribution in [3.8, 4) is 17.1 Å². The van der Waals surface area contributed by atoms with E-state index in [2.05, 4.69) is 5.10 Å². The summed E-state index contributed by atoms with van der Waals surface area (Å²) in [7, 11) is 0. The van der Waals surface area contributed by atoms with Crippen LogP contribution >= 0.6 is 0 Å². The lowest BCUT2D eigenvalue weighted by molar-refractivity contribution is 0.828. The Hall–Kier alpha value is -4.25. The first-order chi connectivity index (χ1) is 14.8. The van der Waals surface area contributed by atoms with Gasteiger partial charge in [0, 0.05) is 17.4 Å². The fourth-order valence-corrected chi connectivity index (χ4v) is 3.44. The number of para-hydroxylation sites is 2. The lowest BCUT2D eigenvalue weighted by Gasteiger charge is -2.10. The van der Waals surface area contributed by atoms with E-state index in [1.165, 1.54) is 4.68 Å². The molecule has 5 aromatic rings. The maximum atomic E-state index is 13.2. The number of benzene rings is 3. The zero-order valence-corrected chi connectivity index (χ0v) is 16.1. The summed E-state index contributed by atoms with van der Waals surface area (Å²) in [5, 5.41) is 5.09. The lowest BCUT2D eigenvalue weighted by atomic mass is 10.2. The molecule has 0 aliphatic carbocycles. The number of hydrogen-bond donors (Lipinski definition) is 0. The van der Waals surface area contributed by atoms with Gasteiger partial charge in [0.2, 0.25) is 0 Å². The van der Waals surface area contributed by atoms with E-state index in [9.17, 15) is 4.79 Å². The van der Waals surface area contributed by atoms with Gasteiger partial charge in [0.05, 0.1) is 22.8 Å². The Balaban J connectivity index is 1.68. The second kappa shape index (κ2) is 7.64. The van der Waals surface area contributed by atoms with E-state index in [1.54, 1.807) is 12.3 Å². The van der Waals surface area contributed by atoms with Crippen LogP contribution in [0.25, 0.3) is 28.0 Å². The first kappa shape index (κ1) is 17.8. The maximum Gasteiger partial charge on any atom is 0.282 e. The first-order valence-electron chi connectivity index (χ1n) is 9.65. The van der Waals surface area contributed by atoms with Gasteiger partial charge >= 0.3 is 0 Å². The summed E-state index contributed by atoms with van der Waals surface area (Å²) in [4.78, 5) is 18.0. The van der Waals surface area contributed by atoms with E-state index in [0.717, 1.165) is 16.9 Å². The van der Waals surface area contributed by atoms with Crippen molar-refractivity contribution in [2.24, 2.45) is 5.10 Å². The minimum Gasteiger partial charge on any atom is -0.316 e. The molecular formula is C25H18N4O. The molecule has 0 spiro atoms. The zero-order chi connectivity index (χ0) is 20.3. The summed E-state index contributed by atoms with van der Waals surface area (Å²) in [5.74, 6) is 0.508. The molecule has 2 heterocycles. The van der Waals surface area contributed by atoms with Gasteiger partial charge in [-0.15, -0.1) is 0 Å². The third-order valence-corrected chi connectivity index (χ3v) is 4.91. The molecule has 5 rings (SSSR count). The van der Waals surface area contributed by atoms with E-state index >= 15 is 0 Å². The van der Waals surface area contributed by atoms with Gasteiger partial charge in [0.25, 0.3) is 5.56 Å². The molecule has 5 nitrogen and oxygen atoms in total. The quantitative estimate of drug-likeness (QED) is 0.416. The van der Waals surface area contributed by atoms with E-state index in [-0.39, 0.29) is 5.56 Å². The molecule has 5 heteroatoms. The molecule has 0 radical (unpaired) electrons. The molecule has 0 unspecified atom stereocenters. The summed E-state index contributed by atoms with van der Waals surface area (Å²) in [6.07, 6.45) is 3.66. The SMILES string of the molecule is O=c1c2ccccc2nc(-c2ccccc2)n1N=Cc1cccn1-c1ccccc1. The highest BCUT2D eigenvalue weighted by molar-refractivity contribution is 5.81. The van der Waals surface area contributed by atoms with Crippen molar-refractivity contribution in [3.05, 3.63) is 119 Å². The predicted molar refractivity (Wildman–Crippen MR) is 120 cm³/mol. The largest absolute Gasteiger partial charge is 0.316 e. The van der Waals surface area contributed by atoms with Gasteiger partial charge in [0.15, 0.2) is 5.82 Å². The van der Waals surface area contributed by atoms with Crippen LogP contribution in [0.2, 0.25) is 0 Å². The monoisotopic (exact) mass is 390 g/mol. The van der Waals surface area contributed by atoms with Gasteiger partial charge < -0.3 is 4.57 Å². The molecule has 144 valence electrons. The van der Waals surface area contributed by atoms with E-state index in [4.69, 9.17) is 4.98 Å². The standard InChI is InChI=1S/C25H18N4O/c30-25-22-15-7-8-16-23(22)27-24(19-10-3-1-4-11-19)29(25)26-18-21-14-9-17-28(21)20-12-5-2-6-13-20/h1-18H. The highest BCUT2D eigenvalue weighted by Gasteiger charge is 2.12. The molecule has 2 aromatic heterocycles. The topological polar surface area (TPSA) is 52.2 Å². The van der Waals surface area contributed by atoms with E-state index in [1.807, 2.05) is 102 Å². The second-order valence-corrected chi connectivity index (χ2v) is 6.82. The fraction of sp³-hybridized carbons (Fsp3) is 0. The van der Waals surface area contributed by atoms with Crippen LogP contribution in [0.4, 0.5) is 0 Å². The van der Waals surface area contributed by atoms with Crippen LogP contribution in [-0.2, 0) is 0 Å². The number of fused-ring (bicyclic) bond motifs is 1. The van der Waals surface area contributed by atoms with Crippen molar-refractivity contribution >= 4 is 17.1 Å². The molecule has 0 fully saturated rings. The highest BCUT2D eigenvalue weighted by Crippen LogP contribution is 2.19. The van der Waals surface area contributed by atoms with Crippen molar-refractivity contribution < 1.29 is 0 Å². The minimum absolute atomic E-state index is 0.200. The Labute approximate surface area is 173 Å². The van der Waals surface area contributed by atoms with Crippen LogP contribution < -0.4 is 5.56 Å². The Kier molecular flexibility index (Phi) is 4.54. The molecule has 0 aliphatic rings. The number of hydrogen-bond acceptors (Lipinski definition) is 3. The van der Waals surface area contributed by atoms with Crippen LogP contribution in [0.1, 0.15) is 5.69 Å². The fourth-order valence-electron chi connectivity index (χ4n) is 3.44. The van der Waals surface area contributed by atoms with E-state index < -0.39 is 0 Å². The number of rotatable bonds is 4. The Bertz CT molecular complexity index is 1400. The lowest BCUT2D eigenvalue weighted by Crippen LogP contribution is -2.20. The predicted octanol–water partition coefficient (Wildman–Crippen LogP) is 4.74. The van der Waals surface area contributed by atoms with Gasteiger partial charge in [-0.25, -0.2) is 4.98 Å². The molecule has 0 saturated heterocycles. The zero-order valence-electron chi connectivity index (χ0n) is 16.1. The number of nitrogens with zero attached hydrogens (tertiary/aromatic N) is 4. The summed E-state index contributed by atoms with van der Waals surface area (Å²) in [6, 6.07) is 30.9. The normalized spacial score (nSPS) is 11.3. The van der Waals surface area contributed by atoms with Gasteiger partial charge in [-0.2, -0.15) is 9.78 Å². The van der Waals surface area contributed by atoms with Gasteiger partial charge in [0.1, 0.15) is 0 Å².